The fourth-order valence-electron chi connectivity index (χ4n) is 2.73. The summed E-state index contributed by atoms with van der Waals surface area (Å²) in [7, 11) is 0. The van der Waals surface area contributed by atoms with Gasteiger partial charge in [0.1, 0.15) is 0 Å². The molecule has 114 valence electrons. The first kappa shape index (κ1) is 16.3. The molecular formula is C22H26. The Labute approximate surface area is 135 Å². The first-order valence-electron chi connectivity index (χ1n) is 8.29. The second kappa shape index (κ2) is 9.78. The topological polar surface area (TPSA) is 0 Å². The molecular weight excluding hydrogens is 264 g/mol. The van der Waals surface area contributed by atoms with Gasteiger partial charge >= 0.3 is 0 Å². The molecule has 0 atom stereocenters. The van der Waals surface area contributed by atoms with Crippen molar-refractivity contribution in [3.63, 3.8) is 0 Å². The first-order chi connectivity index (χ1) is 10.9. The van der Waals surface area contributed by atoms with Crippen LogP contribution < -0.4 is 0 Å². The van der Waals surface area contributed by atoms with Crippen molar-refractivity contribution in [1.82, 2.24) is 0 Å². The molecule has 3 rings (SSSR count). The summed E-state index contributed by atoms with van der Waals surface area (Å²) >= 11 is 0. The van der Waals surface area contributed by atoms with Crippen LogP contribution in [0.3, 0.4) is 0 Å². The van der Waals surface area contributed by atoms with Crippen LogP contribution in [-0.2, 0) is 0 Å². The molecule has 0 amide bonds. The van der Waals surface area contributed by atoms with Crippen molar-refractivity contribution in [3.8, 4) is 0 Å². The molecule has 1 saturated carbocycles. The van der Waals surface area contributed by atoms with Gasteiger partial charge in [0.15, 0.2) is 0 Å². The summed E-state index contributed by atoms with van der Waals surface area (Å²) < 4.78 is 0. The molecule has 0 bridgehead atoms. The Morgan fingerprint density at radius 2 is 1.27 bits per heavy atom. The predicted molar refractivity (Wildman–Crippen MR) is 98.6 cm³/mol. The van der Waals surface area contributed by atoms with Crippen LogP contribution in [-0.4, -0.2) is 0 Å². The van der Waals surface area contributed by atoms with Crippen LogP contribution in [0.1, 0.15) is 43.2 Å². The van der Waals surface area contributed by atoms with E-state index < -0.39 is 0 Å². The third-order valence-corrected chi connectivity index (χ3v) is 4.05. The molecule has 1 fully saturated rings. The molecule has 0 aromatic heterocycles. The Kier molecular flexibility index (Phi) is 7.25. The molecule has 1 aliphatic carbocycles. The zero-order valence-electron chi connectivity index (χ0n) is 13.3. The zero-order valence-corrected chi connectivity index (χ0v) is 13.3. The molecule has 0 heteroatoms. The van der Waals surface area contributed by atoms with Crippen molar-refractivity contribution < 1.29 is 0 Å². The lowest BCUT2D eigenvalue weighted by atomic mass is 9.89. The Morgan fingerprint density at radius 1 is 0.727 bits per heavy atom. The summed E-state index contributed by atoms with van der Waals surface area (Å²) in [5.74, 6) is 0.837. The number of benzene rings is 2. The highest BCUT2D eigenvalue weighted by molar-refractivity contribution is 5.49. The van der Waals surface area contributed by atoms with Crippen molar-refractivity contribution >= 4 is 12.2 Å². The summed E-state index contributed by atoms with van der Waals surface area (Å²) in [6, 6.07) is 20.6. The average Bonchev–Trinajstić information content (AvgIpc) is 2.63. The van der Waals surface area contributed by atoms with E-state index in [1.807, 2.05) is 36.4 Å². The van der Waals surface area contributed by atoms with Crippen molar-refractivity contribution in [1.29, 1.82) is 0 Å². The average molecular weight is 290 g/mol. The van der Waals surface area contributed by atoms with Crippen molar-refractivity contribution in [3.05, 3.63) is 84.4 Å². The highest BCUT2D eigenvalue weighted by Crippen LogP contribution is 2.25. The van der Waals surface area contributed by atoms with Gasteiger partial charge in [-0.05, 0) is 29.9 Å². The van der Waals surface area contributed by atoms with Crippen LogP contribution in [0.15, 0.2) is 73.3 Å². The first-order valence-corrected chi connectivity index (χ1v) is 8.29. The minimum Gasteiger partial charge on any atom is -0.0985 e. The Balaban J connectivity index is 0.000000188. The standard InChI is InChI=1S/C14H18.C8H8/c1-3-7-13(8-4-1)11-12-14-9-5-2-6-10-14;1-2-8-6-4-3-5-7-8/h1,3-4,7-8,11-12,14H,2,5-6,9-10H2;2-7H,1H2. The maximum atomic E-state index is 3.63. The van der Waals surface area contributed by atoms with Crippen molar-refractivity contribution in [2.75, 3.05) is 0 Å². The van der Waals surface area contributed by atoms with Crippen molar-refractivity contribution in [2.24, 2.45) is 5.92 Å². The SMILES string of the molecule is C(=CC1CCCCC1)c1ccccc1.C=Cc1ccccc1. The van der Waals surface area contributed by atoms with E-state index in [-0.39, 0.29) is 0 Å². The van der Waals surface area contributed by atoms with Gasteiger partial charge in [0.2, 0.25) is 0 Å². The van der Waals surface area contributed by atoms with Crippen LogP contribution in [0.4, 0.5) is 0 Å². The second-order valence-corrected chi connectivity index (χ2v) is 5.78. The highest BCUT2D eigenvalue weighted by atomic mass is 14.1. The van der Waals surface area contributed by atoms with Crippen LogP contribution in [0, 0.1) is 5.92 Å². The van der Waals surface area contributed by atoms with E-state index in [1.54, 1.807) is 0 Å². The molecule has 0 saturated heterocycles. The van der Waals surface area contributed by atoms with E-state index in [9.17, 15) is 0 Å². The Morgan fingerprint density at radius 3 is 1.77 bits per heavy atom. The van der Waals surface area contributed by atoms with E-state index in [1.165, 1.54) is 43.2 Å². The third-order valence-electron chi connectivity index (χ3n) is 4.05. The van der Waals surface area contributed by atoms with Crippen LogP contribution >= 0.6 is 0 Å². The number of allylic oxidation sites excluding steroid dienone is 1. The molecule has 0 radical (unpaired) electrons. The molecule has 0 heterocycles. The van der Waals surface area contributed by atoms with E-state index in [2.05, 4.69) is 49.1 Å². The Bertz CT molecular complexity index is 545. The summed E-state index contributed by atoms with van der Waals surface area (Å²) in [4.78, 5) is 0. The van der Waals surface area contributed by atoms with Gasteiger partial charge in [0, 0.05) is 0 Å². The lowest BCUT2D eigenvalue weighted by Crippen LogP contribution is -2.02. The van der Waals surface area contributed by atoms with Crippen LogP contribution in [0.25, 0.3) is 12.2 Å². The van der Waals surface area contributed by atoms with E-state index in [0.717, 1.165) is 5.92 Å². The van der Waals surface area contributed by atoms with E-state index in [0.29, 0.717) is 0 Å². The molecule has 2 aromatic rings. The minimum atomic E-state index is 0.837. The second-order valence-electron chi connectivity index (χ2n) is 5.78. The van der Waals surface area contributed by atoms with E-state index in [4.69, 9.17) is 0 Å². The molecule has 2 aromatic carbocycles. The van der Waals surface area contributed by atoms with Gasteiger partial charge in [-0.15, -0.1) is 0 Å². The van der Waals surface area contributed by atoms with Gasteiger partial charge in [-0.3, -0.25) is 0 Å². The lowest BCUT2D eigenvalue weighted by Gasteiger charge is -2.17. The summed E-state index contributed by atoms with van der Waals surface area (Å²) in [5.41, 5.74) is 2.51. The monoisotopic (exact) mass is 290 g/mol. The van der Waals surface area contributed by atoms with Crippen molar-refractivity contribution in [2.45, 2.75) is 32.1 Å². The zero-order chi connectivity index (χ0) is 15.5. The molecule has 0 spiro atoms. The molecule has 1 aliphatic rings. The van der Waals surface area contributed by atoms with Gasteiger partial charge in [-0.25, -0.2) is 0 Å². The van der Waals surface area contributed by atoms with Crippen LogP contribution in [0.2, 0.25) is 0 Å². The fourth-order valence-corrected chi connectivity index (χ4v) is 2.73. The van der Waals surface area contributed by atoms with E-state index >= 15 is 0 Å². The highest BCUT2D eigenvalue weighted by Gasteiger charge is 2.09. The molecule has 0 nitrogen and oxygen atoms in total. The smallest absolute Gasteiger partial charge is 0.0230 e. The summed E-state index contributed by atoms with van der Waals surface area (Å²) in [5, 5.41) is 0. The van der Waals surface area contributed by atoms with Gasteiger partial charge in [-0.1, -0.05) is 105 Å². The van der Waals surface area contributed by atoms with Gasteiger partial charge in [-0.2, -0.15) is 0 Å². The normalized spacial score (nSPS) is 15.1. The minimum absolute atomic E-state index is 0.837. The predicted octanol–water partition coefficient (Wildman–Crippen LogP) is 6.61. The number of hydrogen-bond donors (Lipinski definition) is 0. The van der Waals surface area contributed by atoms with Crippen LogP contribution in [0.5, 0.6) is 0 Å². The largest absolute Gasteiger partial charge is 0.0985 e. The quantitative estimate of drug-likeness (QED) is 0.596. The fraction of sp³-hybridized carbons (Fsp3) is 0.273. The summed E-state index contributed by atoms with van der Waals surface area (Å²) in [6.07, 6.45) is 13.6. The Hall–Kier alpha value is -2.08. The lowest BCUT2D eigenvalue weighted by molar-refractivity contribution is 0.420. The maximum Gasteiger partial charge on any atom is -0.0230 e. The third kappa shape index (κ3) is 6.13. The number of rotatable bonds is 3. The maximum absolute atomic E-state index is 3.63. The van der Waals surface area contributed by atoms with Gasteiger partial charge in [0.05, 0.1) is 0 Å². The molecule has 0 unspecified atom stereocenters. The molecule has 0 aliphatic heterocycles. The molecule has 0 N–H and O–H groups in total. The molecule has 22 heavy (non-hydrogen) atoms. The van der Waals surface area contributed by atoms with Gasteiger partial charge in [0.25, 0.3) is 0 Å². The van der Waals surface area contributed by atoms with Gasteiger partial charge < -0.3 is 0 Å². The number of hydrogen-bond acceptors (Lipinski definition) is 0. The summed E-state index contributed by atoms with van der Waals surface area (Å²) in [6.45, 7) is 3.63.